The molecule has 0 amide bonds. The summed E-state index contributed by atoms with van der Waals surface area (Å²) in [6.45, 7) is 3.32. The molecular formula is C14H17F3N2O. The van der Waals surface area contributed by atoms with E-state index < -0.39 is 18.2 Å². The number of fused-ring (bicyclic) bond motifs is 1. The number of aliphatic hydroxyl groups is 1. The first kappa shape index (κ1) is 14.8. The molecule has 0 saturated carbocycles. The van der Waals surface area contributed by atoms with Crippen molar-refractivity contribution in [2.24, 2.45) is 5.92 Å². The Balaban J connectivity index is 2.32. The largest absolute Gasteiger partial charge is 0.417 e. The molecule has 1 atom stereocenters. The molecule has 0 fully saturated rings. The highest BCUT2D eigenvalue weighted by Gasteiger charge is 2.53. The number of aromatic nitrogens is 2. The smallest absolute Gasteiger partial charge is 0.380 e. The highest BCUT2D eigenvalue weighted by atomic mass is 19.4. The number of halogens is 3. The molecule has 2 N–H and O–H groups in total. The number of nitrogens with zero attached hydrogens (tertiary/aromatic N) is 1. The van der Waals surface area contributed by atoms with E-state index in [0.717, 1.165) is 5.39 Å². The minimum Gasteiger partial charge on any atom is -0.380 e. The molecule has 2 heterocycles. The topological polar surface area (TPSA) is 48.9 Å². The lowest BCUT2D eigenvalue weighted by Gasteiger charge is -2.31. The summed E-state index contributed by atoms with van der Waals surface area (Å²) in [6.07, 6.45) is -2.35. The number of pyridine rings is 1. The van der Waals surface area contributed by atoms with E-state index in [2.05, 4.69) is 9.97 Å². The monoisotopic (exact) mass is 286 g/mol. The van der Waals surface area contributed by atoms with E-state index in [1.165, 1.54) is 0 Å². The fourth-order valence-electron chi connectivity index (χ4n) is 2.41. The number of aromatic amines is 1. The Hall–Kier alpha value is -1.56. The maximum Gasteiger partial charge on any atom is 0.417 e. The average molecular weight is 286 g/mol. The molecule has 0 saturated heterocycles. The molecule has 1 unspecified atom stereocenters. The Kier molecular flexibility index (Phi) is 3.77. The summed E-state index contributed by atoms with van der Waals surface area (Å²) >= 11 is 0. The fourth-order valence-corrected chi connectivity index (χ4v) is 2.41. The lowest BCUT2D eigenvalue weighted by atomic mass is 9.87. The van der Waals surface area contributed by atoms with Crippen molar-refractivity contribution >= 4 is 10.9 Å². The van der Waals surface area contributed by atoms with Crippen LogP contribution in [-0.2, 0) is 6.42 Å². The van der Waals surface area contributed by atoms with Crippen LogP contribution in [0.25, 0.3) is 10.9 Å². The van der Waals surface area contributed by atoms with Crippen molar-refractivity contribution in [3.8, 4) is 0 Å². The van der Waals surface area contributed by atoms with E-state index in [0.29, 0.717) is 11.2 Å². The molecule has 2 aromatic rings. The maximum atomic E-state index is 13.1. The number of nitrogens with one attached hydrogen (secondary N) is 1. The maximum absolute atomic E-state index is 13.1. The quantitative estimate of drug-likeness (QED) is 0.904. The SMILES string of the molecule is CC(C)CC(O)(Cc1cc2ccncc2[nH]1)C(F)(F)F. The first-order valence-corrected chi connectivity index (χ1v) is 6.42. The Morgan fingerprint density at radius 1 is 1.35 bits per heavy atom. The minimum absolute atomic E-state index is 0.257. The molecule has 110 valence electrons. The van der Waals surface area contributed by atoms with Crippen LogP contribution in [-0.4, -0.2) is 26.9 Å². The lowest BCUT2D eigenvalue weighted by molar-refractivity contribution is -0.265. The van der Waals surface area contributed by atoms with Crippen molar-refractivity contribution in [2.75, 3.05) is 0 Å². The Morgan fingerprint density at radius 2 is 2.05 bits per heavy atom. The molecule has 0 radical (unpaired) electrons. The lowest BCUT2D eigenvalue weighted by Crippen LogP contribution is -2.48. The van der Waals surface area contributed by atoms with E-state index >= 15 is 0 Å². The van der Waals surface area contributed by atoms with E-state index in [1.54, 1.807) is 38.4 Å². The van der Waals surface area contributed by atoms with Crippen LogP contribution in [0.2, 0.25) is 0 Å². The molecule has 0 aliphatic carbocycles. The number of H-pyrrole nitrogens is 1. The predicted molar refractivity (Wildman–Crippen MR) is 70.3 cm³/mol. The van der Waals surface area contributed by atoms with E-state index in [4.69, 9.17) is 0 Å². The fraction of sp³-hybridized carbons (Fsp3) is 0.500. The summed E-state index contributed by atoms with van der Waals surface area (Å²) in [6, 6.07) is 3.33. The third-order valence-electron chi connectivity index (χ3n) is 3.24. The molecule has 2 aromatic heterocycles. The summed E-state index contributed by atoms with van der Waals surface area (Å²) in [7, 11) is 0. The van der Waals surface area contributed by atoms with Crippen molar-refractivity contribution < 1.29 is 18.3 Å². The van der Waals surface area contributed by atoms with Gasteiger partial charge in [0.2, 0.25) is 0 Å². The van der Waals surface area contributed by atoms with Crippen molar-refractivity contribution in [3.63, 3.8) is 0 Å². The minimum atomic E-state index is -4.66. The van der Waals surface area contributed by atoms with Crippen LogP contribution in [0.3, 0.4) is 0 Å². The summed E-state index contributed by atoms with van der Waals surface area (Å²) < 4.78 is 39.4. The van der Waals surface area contributed by atoms with Crippen LogP contribution in [0.15, 0.2) is 24.5 Å². The van der Waals surface area contributed by atoms with Gasteiger partial charge in [0, 0.05) is 23.7 Å². The number of alkyl halides is 3. The van der Waals surface area contributed by atoms with Gasteiger partial charge in [-0.2, -0.15) is 13.2 Å². The van der Waals surface area contributed by atoms with Gasteiger partial charge >= 0.3 is 6.18 Å². The number of rotatable bonds is 4. The zero-order valence-corrected chi connectivity index (χ0v) is 11.3. The van der Waals surface area contributed by atoms with Crippen LogP contribution in [0.5, 0.6) is 0 Å². The molecule has 0 aliphatic heterocycles. The van der Waals surface area contributed by atoms with Gasteiger partial charge in [-0.1, -0.05) is 13.8 Å². The summed E-state index contributed by atoms with van der Waals surface area (Å²) in [5.41, 5.74) is -1.69. The first-order valence-electron chi connectivity index (χ1n) is 6.42. The van der Waals surface area contributed by atoms with Gasteiger partial charge in [-0.05, 0) is 24.5 Å². The number of hydrogen-bond acceptors (Lipinski definition) is 2. The molecule has 6 heteroatoms. The highest BCUT2D eigenvalue weighted by molar-refractivity contribution is 5.79. The van der Waals surface area contributed by atoms with Gasteiger partial charge in [-0.15, -0.1) is 0 Å². The average Bonchev–Trinajstić information content (AvgIpc) is 2.67. The zero-order valence-electron chi connectivity index (χ0n) is 11.3. The summed E-state index contributed by atoms with van der Waals surface area (Å²) in [5.74, 6) is -0.257. The zero-order chi connectivity index (χ0) is 15.0. The second kappa shape index (κ2) is 5.09. The van der Waals surface area contributed by atoms with Gasteiger partial charge < -0.3 is 10.1 Å². The van der Waals surface area contributed by atoms with Gasteiger partial charge in [0.25, 0.3) is 0 Å². The van der Waals surface area contributed by atoms with Crippen molar-refractivity contribution in [3.05, 3.63) is 30.2 Å². The standard InChI is InChI=1S/C14H17F3N2O/c1-9(2)6-13(20,14(15,16)17)7-11-5-10-3-4-18-8-12(10)19-11/h3-5,8-9,19-20H,6-7H2,1-2H3. The Bertz CT molecular complexity index is 558. The van der Waals surface area contributed by atoms with Gasteiger partial charge in [-0.25, -0.2) is 0 Å². The second-order valence-corrected chi connectivity index (χ2v) is 5.56. The molecular weight excluding hydrogens is 269 g/mol. The van der Waals surface area contributed by atoms with Crippen molar-refractivity contribution in [1.29, 1.82) is 0 Å². The highest BCUT2D eigenvalue weighted by Crippen LogP contribution is 2.38. The van der Waals surface area contributed by atoms with Gasteiger partial charge in [-0.3, -0.25) is 4.98 Å². The summed E-state index contributed by atoms with van der Waals surface area (Å²) in [5, 5.41) is 10.8. The van der Waals surface area contributed by atoms with Gasteiger partial charge in [0.1, 0.15) is 0 Å². The van der Waals surface area contributed by atoms with E-state index in [-0.39, 0.29) is 12.3 Å². The molecule has 0 spiro atoms. The molecule has 0 bridgehead atoms. The van der Waals surface area contributed by atoms with Crippen LogP contribution < -0.4 is 0 Å². The number of hydrogen-bond donors (Lipinski definition) is 2. The van der Waals surface area contributed by atoms with Crippen LogP contribution in [0.1, 0.15) is 26.0 Å². The Morgan fingerprint density at radius 3 is 2.60 bits per heavy atom. The second-order valence-electron chi connectivity index (χ2n) is 5.56. The molecule has 3 nitrogen and oxygen atoms in total. The van der Waals surface area contributed by atoms with Crippen LogP contribution >= 0.6 is 0 Å². The van der Waals surface area contributed by atoms with Gasteiger partial charge in [0.15, 0.2) is 5.60 Å². The Labute approximate surface area is 114 Å². The molecule has 20 heavy (non-hydrogen) atoms. The normalized spacial score (nSPS) is 15.8. The van der Waals surface area contributed by atoms with Gasteiger partial charge in [0.05, 0.1) is 11.7 Å². The third-order valence-corrected chi connectivity index (χ3v) is 3.24. The summed E-state index contributed by atoms with van der Waals surface area (Å²) in [4.78, 5) is 6.78. The van der Waals surface area contributed by atoms with Crippen molar-refractivity contribution in [1.82, 2.24) is 9.97 Å². The first-order chi connectivity index (χ1) is 9.21. The van der Waals surface area contributed by atoms with Crippen LogP contribution in [0, 0.1) is 5.92 Å². The molecule has 0 aliphatic rings. The van der Waals surface area contributed by atoms with E-state index in [9.17, 15) is 18.3 Å². The third kappa shape index (κ3) is 2.95. The predicted octanol–water partition coefficient (Wildman–Crippen LogP) is 3.44. The molecule has 0 aromatic carbocycles. The van der Waals surface area contributed by atoms with E-state index in [1.807, 2.05) is 0 Å². The van der Waals surface area contributed by atoms with Crippen LogP contribution in [0.4, 0.5) is 13.2 Å². The van der Waals surface area contributed by atoms with Crippen molar-refractivity contribution in [2.45, 2.75) is 38.5 Å². The molecule has 2 rings (SSSR count).